The monoisotopic (exact) mass is 610 g/mol. The number of hydrogen-bond acceptors (Lipinski definition) is 7. The molecular formula is C30H50N4O7S. The van der Waals surface area contributed by atoms with Crippen molar-refractivity contribution in [1.29, 1.82) is 0 Å². The second-order valence-corrected chi connectivity index (χ2v) is 14.1. The molecule has 3 amide bonds. The molecule has 3 N–H and O–H groups in total. The highest BCUT2D eigenvalue weighted by atomic mass is 32.2. The molecule has 1 aromatic carbocycles. The third kappa shape index (κ3) is 10.1. The van der Waals surface area contributed by atoms with Gasteiger partial charge in [-0.1, -0.05) is 26.2 Å². The number of likely N-dealkylation sites (N-methyl/N-ethyl adjacent to an activating group) is 1. The first-order valence-electron chi connectivity index (χ1n) is 15.2. The number of hydrogen-bond donors (Lipinski definition) is 3. The summed E-state index contributed by atoms with van der Waals surface area (Å²) in [6.45, 7) is 6.19. The van der Waals surface area contributed by atoms with Crippen molar-refractivity contribution in [3.05, 3.63) is 23.8 Å². The van der Waals surface area contributed by atoms with Crippen molar-refractivity contribution in [2.75, 3.05) is 44.9 Å². The highest BCUT2D eigenvalue weighted by molar-refractivity contribution is 7.88. The molecule has 0 saturated heterocycles. The number of carbonyl (C=O) groups is 2. The smallest absolute Gasteiger partial charge is 0.319 e. The van der Waals surface area contributed by atoms with Gasteiger partial charge >= 0.3 is 6.03 Å². The van der Waals surface area contributed by atoms with Gasteiger partial charge in [0.25, 0.3) is 5.91 Å². The van der Waals surface area contributed by atoms with Crippen LogP contribution in [0.15, 0.2) is 18.2 Å². The number of aliphatic hydroxyl groups is 1. The van der Waals surface area contributed by atoms with Gasteiger partial charge in [0.1, 0.15) is 5.75 Å². The predicted octanol–water partition coefficient (Wildman–Crippen LogP) is 3.83. The summed E-state index contributed by atoms with van der Waals surface area (Å²) >= 11 is 0. The Balaban J connectivity index is 1.91. The maximum Gasteiger partial charge on any atom is 0.319 e. The Morgan fingerprint density at radius 2 is 1.83 bits per heavy atom. The maximum absolute atomic E-state index is 14.2. The molecule has 1 aromatic rings. The van der Waals surface area contributed by atoms with Gasteiger partial charge in [-0.3, -0.25) is 4.79 Å². The van der Waals surface area contributed by atoms with Gasteiger partial charge in [0.15, 0.2) is 0 Å². The van der Waals surface area contributed by atoms with Gasteiger partial charge in [-0.15, -0.1) is 0 Å². The standard InChI is InChI=1S/C30H50N4O7S/c1-21-18-34(22(2)20-35)29(36)26-17-25(32-30(37)31-24-12-7-6-8-13-24)14-15-27(26)41-23(3)11-9-10-16-40-28(21)19-33(4)42(5,38)39/h14-15,17,21-24,28,35H,6-13,16,18-20H2,1-5H3,(H2,31,32,37)/t21-,22-,23-,28+/m1/s1. The largest absolute Gasteiger partial charge is 0.490 e. The molecule has 0 aromatic heterocycles. The zero-order valence-electron chi connectivity index (χ0n) is 25.8. The number of ether oxygens (including phenoxy) is 2. The summed E-state index contributed by atoms with van der Waals surface area (Å²) in [4.78, 5) is 28.5. The molecule has 1 fully saturated rings. The van der Waals surface area contributed by atoms with Crippen LogP contribution in [-0.2, 0) is 14.8 Å². The van der Waals surface area contributed by atoms with E-state index in [-0.39, 0.29) is 55.3 Å². The van der Waals surface area contributed by atoms with Crippen LogP contribution in [0, 0.1) is 5.92 Å². The van der Waals surface area contributed by atoms with Crippen LogP contribution in [0.4, 0.5) is 10.5 Å². The summed E-state index contributed by atoms with van der Waals surface area (Å²) in [7, 11) is -1.91. The van der Waals surface area contributed by atoms with E-state index < -0.39 is 22.2 Å². The minimum Gasteiger partial charge on any atom is -0.490 e. The average molecular weight is 611 g/mol. The van der Waals surface area contributed by atoms with Crippen molar-refractivity contribution in [1.82, 2.24) is 14.5 Å². The van der Waals surface area contributed by atoms with Crippen molar-refractivity contribution in [2.24, 2.45) is 5.92 Å². The predicted molar refractivity (Wildman–Crippen MR) is 163 cm³/mol. The number of benzene rings is 1. The summed E-state index contributed by atoms with van der Waals surface area (Å²) in [5.41, 5.74) is 0.751. The van der Waals surface area contributed by atoms with E-state index >= 15 is 0 Å². The number of nitrogens with one attached hydrogen (secondary N) is 2. The second kappa shape index (κ2) is 15.9. The Morgan fingerprint density at radius 3 is 2.50 bits per heavy atom. The van der Waals surface area contributed by atoms with Crippen molar-refractivity contribution in [3.63, 3.8) is 0 Å². The fourth-order valence-corrected chi connectivity index (χ4v) is 5.87. The van der Waals surface area contributed by atoms with E-state index in [0.717, 1.165) is 51.2 Å². The van der Waals surface area contributed by atoms with Gasteiger partial charge < -0.3 is 30.1 Å². The minimum absolute atomic E-state index is 0.140. The molecule has 1 saturated carbocycles. The molecule has 4 atom stereocenters. The molecule has 12 heteroatoms. The van der Waals surface area contributed by atoms with Gasteiger partial charge in [-0.2, -0.15) is 0 Å². The van der Waals surface area contributed by atoms with Crippen LogP contribution in [0.1, 0.15) is 82.5 Å². The van der Waals surface area contributed by atoms with Gasteiger partial charge in [0.05, 0.1) is 36.7 Å². The average Bonchev–Trinajstić information content (AvgIpc) is 2.94. The van der Waals surface area contributed by atoms with E-state index in [0.29, 0.717) is 18.0 Å². The Morgan fingerprint density at radius 1 is 1.14 bits per heavy atom. The highest BCUT2D eigenvalue weighted by Crippen LogP contribution is 2.29. The lowest BCUT2D eigenvalue weighted by atomic mass is 9.96. The number of fused-ring (bicyclic) bond motifs is 1. The molecule has 0 bridgehead atoms. The van der Waals surface area contributed by atoms with Crippen LogP contribution in [0.5, 0.6) is 5.75 Å². The molecule has 1 aliphatic carbocycles. The van der Waals surface area contributed by atoms with Crippen molar-refractivity contribution in [3.8, 4) is 5.75 Å². The quantitative estimate of drug-likeness (QED) is 0.427. The van der Waals surface area contributed by atoms with Crippen LogP contribution in [0.25, 0.3) is 0 Å². The Labute approximate surface area is 251 Å². The molecule has 0 unspecified atom stereocenters. The van der Waals surface area contributed by atoms with Gasteiger partial charge in [-0.25, -0.2) is 17.5 Å². The molecular weight excluding hydrogens is 560 g/mol. The highest BCUT2D eigenvalue weighted by Gasteiger charge is 2.31. The summed E-state index contributed by atoms with van der Waals surface area (Å²) in [5.74, 6) is -0.189. The molecule has 0 spiro atoms. The van der Waals surface area contributed by atoms with Crippen LogP contribution in [-0.4, -0.2) is 98.6 Å². The number of rotatable bonds is 7. The fourth-order valence-electron chi connectivity index (χ4n) is 5.45. The van der Waals surface area contributed by atoms with Crippen molar-refractivity contribution in [2.45, 2.75) is 96.4 Å². The molecule has 0 radical (unpaired) electrons. The third-order valence-electron chi connectivity index (χ3n) is 8.25. The lowest BCUT2D eigenvalue weighted by molar-refractivity contribution is -0.00828. The zero-order chi connectivity index (χ0) is 30.9. The molecule has 11 nitrogen and oxygen atoms in total. The van der Waals surface area contributed by atoms with Crippen molar-refractivity contribution >= 4 is 27.6 Å². The topological polar surface area (TPSA) is 138 Å². The Hall–Kier alpha value is -2.41. The Bertz CT molecular complexity index is 1140. The van der Waals surface area contributed by atoms with Crippen LogP contribution < -0.4 is 15.4 Å². The van der Waals surface area contributed by atoms with Crippen LogP contribution in [0.2, 0.25) is 0 Å². The normalized spacial score (nSPS) is 24.3. The third-order valence-corrected chi connectivity index (χ3v) is 9.53. The molecule has 2 aliphatic rings. The maximum atomic E-state index is 14.2. The summed E-state index contributed by atoms with van der Waals surface area (Å²) in [6.07, 6.45) is 8.17. The lowest BCUT2D eigenvalue weighted by Crippen LogP contribution is -2.48. The molecule has 42 heavy (non-hydrogen) atoms. The number of aliphatic hydroxyl groups excluding tert-OH is 1. The second-order valence-electron chi connectivity index (χ2n) is 12.0. The van der Waals surface area contributed by atoms with Crippen LogP contribution in [0.3, 0.4) is 0 Å². The molecule has 1 aliphatic heterocycles. The number of sulfonamides is 1. The summed E-state index contributed by atoms with van der Waals surface area (Å²) in [5, 5.41) is 16.0. The zero-order valence-corrected chi connectivity index (χ0v) is 26.6. The number of urea groups is 1. The summed E-state index contributed by atoms with van der Waals surface area (Å²) < 4.78 is 38.0. The molecule has 3 rings (SSSR count). The van der Waals surface area contributed by atoms with E-state index in [4.69, 9.17) is 9.47 Å². The fraction of sp³-hybridized carbons (Fsp3) is 0.733. The first kappa shape index (κ1) is 34.1. The lowest BCUT2D eigenvalue weighted by Gasteiger charge is -2.35. The first-order valence-corrected chi connectivity index (χ1v) is 17.1. The van der Waals surface area contributed by atoms with E-state index in [1.54, 1.807) is 30.0 Å². The first-order chi connectivity index (χ1) is 19.9. The number of amides is 3. The van der Waals surface area contributed by atoms with Gasteiger partial charge in [0, 0.05) is 44.4 Å². The SMILES string of the molecule is C[C@@H]1CCCCO[C@@H](CN(C)S(C)(=O)=O)[C@H](C)CN([C@H](C)CO)C(=O)c2cc(NC(=O)NC3CCCCC3)ccc2O1. The molecule has 238 valence electrons. The summed E-state index contributed by atoms with van der Waals surface area (Å²) in [6, 6.07) is 4.37. The number of carbonyl (C=O) groups excluding carboxylic acids is 2. The number of anilines is 1. The van der Waals surface area contributed by atoms with Crippen molar-refractivity contribution < 1.29 is 32.6 Å². The molecule has 1 heterocycles. The van der Waals surface area contributed by atoms with Gasteiger partial charge in [-0.05, 0) is 64.2 Å². The Kier molecular flexibility index (Phi) is 12.9. The minimum atomic E-state index is -3.43. The van der Waals surface area contributed by atoms with Crippen LogP contribution >= 0.6 is 0 Å². The number of nitrogens with zero attached hydrogens (tertiary/aromatic N) is 2. The van der Waals surface area contributed by atoms with E-state index in [9.17, 15) is 23.1 Å². The van der Waals surface area contributed by atoms with Gasteiger partial charge in [0.2, 0.25) is 10.0 Å². The van der Waals surface area contributed by atoms with E-state index in [1.165, 1.54) is 17.8 Å². The van der Waals surface area contributed by atoms with E-state index in [1.807, 2.05) is 13.8 Å². The van der Waals surface area contributed by atoms with E-state index in [2.05, 4.69) is 10.6 Å².